The van der Waals surface area contributed by atoms with Crippen LogP contribution in [-0.2, 0) is 24.0 Å². The third kappa shape index (κ3) is 4.71. The maximum absolute atomic E-state index is 11.3. The highest BCUT2D eigenvalue weighted by Gasteiger charge is 2.46. The van der Waals surface area contributed by atoms with Crippen LogP contribution in [0.15, 0.2) is 12.2 Å². The maximum Gasteiger partial charge on any atom is 0.303 e. The summed E-state index contributed by atoms with van der Waals surface area (Å²) in [4.78, 5) is 55.1. The minimum Gasteiger partial charge on any atom is -0.481 e. The minimum absolute atomic E-state index is 0.0659. The number of aliphatic carboxylic acids is 1. The van der Waals surface area contributed by atoms with Crippen LogP contribution in [0.2, 0.25) is 0 Å². The van der Waals surface area contributed by atoms with Crippen LogP contribution in [0, 0.1) is 0 Å². The second-order valence-electron chi connectivity index (χ2n) is 4.99. The molecule has 1 saturated heterocycles. The van der Waals surface area contributed by atoms with E-state index in [4.69, 9.17) is 10.3 Å². The summed E-state index contributed by atoms with van der Waals surface area (Å²) in [6, 6.07) is -1.21. The van der Waals surface area contributed by atoms with E-state index in [-0.39, 0.29) is 11.5 Å². The summed E-state index contributed by atoms with van der Waals surface area (Å²) >= 11 is 0. The van der Waals surface area contributed by atoms with Crippen LogP contribution in [0.25, 0.3) is 0 Å². The smallest absolute Gasteiger partial charge is 0.303 e. The fraction of sp³-hybridized carbons (Fsp3) is 0.500. The molecule has 2 N–H and O–H groups in total. The molecule has 0 aliphatic carbocycles. The first kappa shape index (κ1) is 18.5. The Hall–Kier alpha value is -2.55. The molecule has 1 unspecified atom stereocenters. The average molecular weight is 326 g/mol. The highest BCUT2D eigenvalue weighted by Crippen LogP contribution is 2.20. The van der Waals surface area contributed by atoms with Crippen molar-refractivity contribution in [3.8, 4) is 0 Å². The number of rotatable bonds is 5. The zero-order chi connectivity index (χ0) is 17.6. The van der Waals surface area contributed by atoms with E-state index < -0.39 is 35.6 Å². The lowest BCUT2D eigenvalue weighted by molar-refractivity contribution is -0.173. The van der Waals surface area contributed by atoms with Gasteiger partial charge in [-0.1, -0.05) is 19.8 Å². The molecule has 1 fully saturated rings. The van der Waals surface area contributed by atoms with E-state index in [2.05, 4.69) is 6.92 Å². The van der Waals surface area contributed by atoms with Gasteiger partial charge in [-0.3, -0.25) is 34.1 Å². The van der Waals surface area contributed by atoms with Gasteiger partial charge in [-0.15, -0.1) is 0 Å². The summed E-state index contributed by atoms with van der Waals surface area (Å²) in [7, 11) is 0. The standard InChI is InChI=1S/C8H6N2O5.C6H12O2/c11-5-1-2-6(12)9(5)4-3-7(13)10(15)8(4)14;1-2-3-4-5-6(7)8/h1-2,4,15H,3H2;2-5H2,1H3,(H,7,8). The lowest BCUT2D eigenvalue weighted by Gasteiger charge is -2.18. The van der Waals surface area contributed by atoms with Gasteiger partial charge < -0.3 is 5.11 Å². The molecule has 4 amide bonds. The molecular weight excluding hydrogens is 308 g/mol. The number of hydrogen-bond donors (Lipinski definition) is 2. The van der Waals surface area contributed by atoms with Crippen LogP contribution in [0.1, 0.15) is 39.0 Å². The molecule has 2 aliphatic heterocycles. The third-order valence-electron chi connectivity index (χ3n) is 3.25. The Bertz CT molecular complexity index is 537. The van der Waals surface area contributed by atoms with Crippen LogP contribution in [0.5, 0.6) is 0 Å². The number of unbranched alkanes of at least 4 members (excludes halogenated alkanes) is 2. The van der Waals surface area contributed by atoms with Gasteiger partial charge in [-0.05, 0) is 6.42 Å². The molecule has 0 bridgehead atoms. The van der Waals surface area contributed by atoms with E-state index in [0.29, 0.717) is 11.3 Å². The number of carboxylic acid groups (broad SMARTS) is 1. The SMILES string of the molecule is CCCCCC(=O)O.O=C1CC(N2C(=O)C=CC2=O)C(=O)N1O. The molecule has 2 aliphatic rings. The Balaban J connectivity index is 0.000000284. The Kier molecular flexibility index (Phi) is 6.58. The summed E-state index contributed by atoms with van der Waals surface area (Å²) in [6.07, 6.45) is 4.94. The van der Waals surface area contributed by atoms with E-state index in [1.807, 2.05) is 0 Å². The van der Waals surface area contributed by atoms with Crippen molar-refractivity contribution in [2.45, 2.75) is 45.1 Å². The number of carbonyl (C=O) groups is 5. The summed E-state index contributed by atoms with van der Waals surface area (Å²) in [5.74, 6) is -3.76. The fourth-order valence-corrected chi connectivity index (χ4v) is 2.05. The Labute approximate surface area is 132 Å². The van der Waals surface area contributed by atoms with Crippen LogP contribution in [0.4, 0.5) is 0 Å². The Morgan fingerprint density at radius 3 is 2.13 bits per heavy atom. The molecule has 126 valence electrons. The average Bonchev–Trinajstić information content (AvgIpc) is 2.94. The van der Waals surface area contributed by atoms with Gasteiger partial charge >= 0.3 is 5.97 Å². The Morgan fingerprint density at radius 1 is 1.17 bits per heavy atom. The van der Waals surface area contributed by atoms with Gasteiger partial charge in [0, 0.05) is 18.6 Å². The third-order valence-corrected chi connectivity index (χ3v) is 3.25. The van der Waals surface area contributed by atoms with Gasteiger partial charge in [0.2, 0.25) is 0 Å². The van der Waals surface area contributed by atoms with Gasteiger partial charge in [0.1, 0.15) is 6.04 Å². The predicted molar refractivity (Wildman–Crippen MR) is 74.8 cm³/mol. The van der Waals surface area contributed by atoms with E-state index in [1.165, 1.54) is 0 Å². The lowest BCUT2D eigenvalue weighted by atomic mass is 10.2. The maximum atomic E-state index is 11.3. The number of hydrogen-bond acceptors (Lipinski definition) is 6. The first-order valence-electron chi connectivity index (χ1n) is 7.12. The quantitative estimate of drug-likeness (QED) is 0.415. The lowest BCUT2D eigenvalue weighted by Crippen LogP contribution is -2.44. The van der Waals surface area contributed by atoms with Crippen LogP contribution in [0.3, 0.4) is 0 Å². The zero-order valence-electron chi connectivity index (χ0n) is 12.6. The van der Waals surface area contributed by atoms with Crippen molar-refractivity contribution < 1.29 is 34.3 Å². The number of carbonyl (C=O) groups excluding carboxylic acids is 4. The number of imide groups is 2. The van der Waals surface area contributed by atoms with Crippen molar-refractivity contribution in [3.63, 3.8) is 0 Å². The molecule has 0 aromatic rings. The summed E-state index contributed by atoms with van der Waals surface area (Å²) in [5.41, 5.74) is 0. The summed E-state index contributed by atoms with van der Waals surface area (Å²) in [6.45, 7) is 2.06. The molecule has 9 nitrogen and oxygen atoms in total. The molecule has 2 rings (SSSR count). The first-order chi connectivity index (χ1) is 10.8. The van der Waals surface area contributed by atoms with Crippen LogP contribution < -0.4 is 0 Å². The van der Waals surface area contributed by atoms with Gasteiger partial charge in [0.05, 0.1) is 6.42 Å². The van der Waals surface area contributed by atoms with E-state index in [9.17, 15) is 24.0 Å². The van der Waals surface area contributed by atoms with Crippen molar-refractivity contribution in [2.75, 3.05) is 0 Å². The summed E-state index contributed by atoms with van der Waals surface area (Å²) < 4.78 is 0. The molecule has 0 spiro atoms. The largest absolute Gasteiger partial charge is 0.481 e. The second kappa shape index (κ2) is 8.18. The molecule has 0 radical (unpaired) electrons. The normalized spacial score (nSPS) is 20.2. The first-order valence-corrected chi connectivity index (χ1v) is 7.12. The minimum atomic E-state index is -1.21. The van der Waals surface area contributed by atoms with Crippen LogP contribution in [-0.4, -0.2) is 55.9 Å². The molecule has 2 heterocycles. The number of hydroxylamine groups is 2. The highest BCUT2D eigenvalue weighted by atomic mass is 16.5. The summed E-state index contributed by atoms with van der Waals surface area (Å²) in [5, 5.41) is 17.0. The highest BCUT2D eigenvalue weighted by molar-refractivity contribution is 6.17. The van der Waals surface area contributed by atoms with Crippen molar-refractivity contribution in [2.24, 2.45) is 0 Å². The van der Waals surface area contributed by atoms with Gasteiger partial charge in [0.15, 0.2) is 0 Å². The van der Waals surface area contributed by atoms with Gasteiger partial charge in [-0.2, -0.15) is 5.06 Å². The van der Waals surface area contributed by atoms with Gasteiger partial charge in [-0.25, -0.2) is 0 Å². The Morgan fingerprint density at radius 2 is 1.74 bits per heavy atom. The molecule has 9 heteroatoms. The number of amides is 4. The predicted octanol–water partition coefficient (Wildman–Crippen LogP) is 0.0794. The van der Waals surface area contributed by atoms with E-state index in [0.717, 1.165) is 31.4 Å². The van der Waals surface area contributed by atoms with Gasteiger partial charge in [0.25, 0.3) is 23.6 Å². The van der Waals surface area contributed by atoms with E-state index in [1.54, 1.807) is 0 Å². The van der Waals surface area contributed by atoms with Crippen molar-refractivity contribution in [1.82, 2.24) is 9.96 Å². The fourth-order valence-electron chi connectivity index (χ4n) is 2.05. The monoisotopic (exact) mass is 326 g/mol. The van der Waals surface area contributed by atoms with Crippen LogP contribution >= 0.6 is 0 Å². The molecule has 0 aromatic heterocycles. The van der Waals surface area contributed by atoms with Crippen molar-refractivity contribution in [3.05, 3.63) is 12.2 Å². The number of nitrogens with zero attached hydrogens (tertiary/aromatic N) is 2. The molecule has 0 aromatic carbocycles. The molecule has 23 heavy (non-hydrogen) atoms. The topological polar surface area (TPSA) is 132 Å². The van der Waals surface area contributed by atoms with E-state index >= 15 is 0 Å². The molecule has 0 saturated carbocycles. The molecular formula is C14H18N2O7. The van der Waals surface area contributed by atoms with Crippen molar-refractivity contribution >= 4 is 29.6 Å². The zero-order valence-corrected chi connectivity index (χ0v) is 12.6. The molecule has 1 atom stereocenters. The number of carboxylic acids is 1. The van der Waals surface area contributed by atoms with Crippen molar-refractivity contribution in [1.29, 1.82) is 0 Å². The second-order valence-corrected chi connectivity index (χ2v) is 4.99.